The third-order valence-electron chi connectivity index (χ3n) is 3.75. The Kier molecular flexibility index (Phi) is 4.53. The lowest BCUT2D eigenvalue weighted by Crippen LogP contribution is -1.97. The maximum Gasteiger partial charge on any atom is 0.294 e. The van der Waals surface area contributed by atoms with E-state index in [2.05, 4.69) is 5.32 Å². The number of hydrogen-bond acceptors (Lipinski definition) is 4. The average Bonchev–Trinajstić information content (AvgIpc) is 2.55. The molecular weight excluding hydrogens is 326 g/mol. The van der Waals surface area contributed by atoms with Gasteiger partial charge in [0.25, 0.3) is 10.1 Å². The van der Waals surface area contributed by atoms with Crippen molar-refractivity contribution >= 4 is 32.3 Å². The first-order valence-electron chi connectivity index (χ1n) is 7.44. The summed E-state index contributed by atoms with van der Waals surface area (Å²) in [5, 5.41) is 13.8. The fourth-order valence-electron chi connectivity index (χ4n) is 2.51. The van der Waals surface area contributed by atoms with Gasteiger partial charge in [0.05, 0.1) is 4.90 Å². The fraction of sp³-hybridized carbons (Fsp3) is 0.111. The molecule has 0 aromatic heterocycles. The second-order valence-corrected chi connectivity index (χ2v) is 6.92. The average molecular weight is 343 g/mol. The molecular formula is C18H17NO4S. The molecule has 3 aromatic rings. The standard InChI is InChI=1S/C18H17NO4S/c20-10-9-13-1-5-16(6-2-13)19-17-7-3-15-12-18(24(21,22)23)8-4-14(15)11-17/h1-8,11-12,19-20H,9-10H2,(H,21,22,23). The van der Waals surface area contributed by atoms with Gasteiger partial charge in [-0.3, -0.25) is 4.55 Å². The lowest BCUT2D eigenvalue weighted by atomic mass is 10.1. The summed E-state index contributed by atoms with van der Waals surface area (Å²) in [6.07, 6.45) is 0.631. The summed E-state index contributed by atoms with van der Waals surface area (Å²) >= 11 is 0. The smallest absolute Gasteiger partial charge is 0.294 e. The molecule has 0 fully saturated rings. The van der Waals surface area contributed by atoms with Gasteiger partial charge in [0.15, 0.2) is 0 Å². The molecule has 3 rings (SSSR count). The molecule has 0 radical (unpaired) electrons. The van der Waals surface area contributed by atoms with Crippen molar-refractivity contribution < 1.29 is 18.1 Å². The zero-order valence-electron chi connectivity index (χ0n) is 12.8. The Morgan fingerprint density at radius 3 is 2.12 bits per heavy atom. The summed E-state index contributed by atoms with van der Waals surface area (Å²) in [7, 11) is -4.20. The molecule has 0 aliphatic heterocycles. The maximum atomic E-state index is 11.2. The van der Waals surface area contributed by atoms with Crippen molar-refractivity contribution in [2.24, 2.45) is 0 Å². The van der Waals surface area contributed by atoms with Gasteiger partial charge in [0.2, 0.25) is 0 Å². The Hall–Kier alpha value is -2.41. The van der Waals surface area contributed by atoms with Crippen molar-refractivity contribution in [2.75, 3.05) is 11.9 Å². The van der Waals surface area contributed by atoms with Crippen molar-refractivity contribution in [2.45, 2.75) is 11.3 Å². The molecule has 5 nitrogen and oxygen atoms in total. The van der Waals surface area contributed by atoms with Crippen LogP contribution in [0.5, 0.6) is 0 Å². The highest BCUT2D eigenvalue weighted by Crippen LogP contribution is 2.25. The molecule has 0 bridgehead atoms. The molecule has 3 N–H and O–H groups in total. The molecule has 0 heterocycles. The molecule has 0 amide bonds. The van der Waals surface area contributed by atoms with Crippen LogP contribution in [0, 0.1) is 0 Å². The number of nitrogens with one attached hydrogen (secondary N) is 1. The molecule has 24 heavy (non-hydrogen) atoms. The molecule has 6 heteroatoms. The van der Waals surface area contributed by atoms with Crippen LogP contribution < -0.4 is 5.32 Å². The van der Waals surface area contributed by atoms with Crippen LogP contribution in [0.1, 0.15) is 5.56 Å². The number of aliphatic hydroxyl groups excluding tert-OH is 1. The molecule has 0 spiro atoms. The largest absolute Gasteiger partial charge is 0.396 e. The Balaban J connectivity index is 1.85. The lowest BCUT2D eigenvalue weighted by Gasteiger charge is -2.09. The molecule has 3 aromatic carbocycles. The third-order valence-corrected chi connectivity index (χ3v) is 4.60. The van der Waals surface area contributed by atoms with Crippen LogP contribution in [0.3, 0.4) is 0 Å². The molecule has 0 unspecified atom stereocenters. The molecule has 0 atom stereocenters. The van der Waals surface area contributed by atoms with Crippen LogP contribution in [0.2, 0.25) is 0 Å². The van der Waals surface area contributed by atoms with Crippen LogP contribution >= 0.6 is 0 Å². The van der Waals surface area contributed by atoms with E-state index in [1.807, 2.05) is 36.4 Å². The van der Waals surface area contributed by atoms with Gasteiger partial charge in [-0.05, 0) is 59.2 Å². The predicted octanol–water partition coefficient (Wildman–Crippen LogP) is 3.36. The van der Waals surface area contributed by atoms with Crippen molar-refractivity contribution in [3.05, 3.63) is 66.2 Å². The van der Waals surface area contributed by atoms with Gasteiger partial charge in [-0.1, -0.05) is 24.3 Å². The van der Waals surface area contributed by atoms with E-state index in [9.17, 15) is 8.42 Å². The van der Waals surface area contributed by atoms with E-state index in [0.29, 0.717) is 6.42 Å². The summed E-state index contributed by atoms with van der Waals surface area (Å²) in [6, 6.07) is 17.8. The van der Waals surface area contributed by atoms with Crippen molar-refractivity contribution in [1.29, 1.82) is 0 Å². The minimum absolute atomic E-state index is 0.116. The van der Waals surface area contributed by atoms with Gasteiger partial charge in [-0.15, -0.1) is 0 Å². The Labute approximate surface area is 140 Å². The quantitative estimate of drug-likeness (QED) is 0.618. The summed E-state index contributed by atoms with van der Waals surface area (Å²) in [6.45, 7) is 0.128. The van der Waals surface area contributed by atoms with E-state index in [0.717, 1.165) is 27.7 Å². The second kappa shape index (κ2) is 6.60. The van der Waals surface area contributed by atoms with Gasteiger partial charge in [0, 0.05) is 18.0 Å². The van der Waals surface area contributed by atoms with E-state index >= 15 is 0 Å². The fourth-order valence-corrected chi connectivity index (χ4v) is 3.03. The van der Waals surface area contributed by atoms with Crippen LogP contribution in [-0.4, -0.2) is 24.7 Å². The first-order chi connectivity index (χ1) is 11.5. The van der Waals surface area contributed by atoms with Gasteiger partial charge < -0.3 is 10.4 Å². The molecule has 0 aliphatic rings. The van der Waals surface area contributed by atoms with Crippen LogP contribution in [0.4, 0.5) is 11.4 Å². The van der Waals surface area contributed by atoms with Crippen molar-refractivity contribution in [3.8, 4) is 0 Å². The summed E-state index contributed by atoms with van der Waals surface area (Å²) in [5.74, 6) is 0. The zero-order chi connectivity index (χ0) is 17.2. The van der Waals surface area contributed by atoms with Gasteiger partial charge in [0.1, 0.15) is 0 Å². The normalized spacial score (nSPS) is 11.6. The molecule has 0 aliphatic carbocycles. The zero-order valence-corrected chi connectivity index (χ0v) is 13.6. The summed E-state index contributed by atoms with van der Waals surface area (Å²) in [5.41, 5.74) is 2.86. The third kappa shape index (κ3) is 3.73. The van der Waals surface area contributed by atoms with Crippen LogP contribution in [0.15, 0.2) is 65.6 Å². The monoisotopic (exact) mass is 343 g/mol. The van der Waals surface area contributed by atoms with E-state index < -0.39 is 10.1 Å². The highest BCUT2D eigenvalue weighted by molar-refractivity contribution is 7.85. The number of hydrogen-bond donors (Lipinski definition) is 3. The van der Waals surface area contributed by atoms with Gasteiger partial charge in [-0.25, -0.2) is 0 Å². The Morgan fingerprint density at radius 1 is 0.833 bits per heavy atom. The summed E-state index contributed by atoms with van der Waals surface area (Å²) in [4.78, 5) is -0.116. The molecule has 0 saturated heterocycles. The van der Waals surface area contributed by atoms with Crippen LogP contribution in [-0.2, 0) is 16.5 Å². The summed E-state index contributed by atoms with van der Waals surface area (Å²) < 4.78 is 31.5. The van der Waals surface area contributed by atoms with Crippen molar-refractivity contribution in [1.82, 2.24) is 0 Å². The SMILES string of the molecule is O=S(=O)(O)c1ccc2cc(Nc3ccc(CCO)cc3)ccc2c1. The van der Waals surface area contributed by atoms with Crippen molar-refractivity contribution in [3.63, 3.8) is 0 Å². The number of benzene rings is 3. The molecule has 0 saturated carbocycles. The second-order valence-electron chi connectivity index (χ2n) is 5.49. The number of aliphatic hydroxyl groups is 1. The van der Waals surface area contributed by atoms with E-state index in [1.165, 1.54) is 12.1 Å². The van der Waals surface area contributed by atoms with E-state index in [4.69, 9.17) is 9.66 Å². The number of fused-ring (bicyclic) bond motifs is 1. The van der Waals surface area contributed by atoms with Gasteiger partial charge >= 0.3 is 0 Å². The minimum atomic E-state index is -4.20. The number of anilines is 2. The molecule has 124 valence electrons. The van der Waals surface area contributed by atoms with E-state index in [1.54, 1.807) is 12.1 Å². The maximum absolute atomic E-state index is 11.2. The number of rotatable bonds is 5. The Bertz CT molecular complexity index is 966. The topological polar surface area (TPSA) is 86.6 Å². The van der Waals surface area contributed by atoms with Gasteiger partial charge in [-0.2, -0.15) is 8.42 Å². The predicted molar refractivity (Wildman–Crippen MR) is 94.3 cm³/mol. The lowest BCUT2D eigenvalue weighted by molar-refractivity contribution is 0.299. The Morgan fingerprint density at radius 2 is 1.46 bits per heavy atom. The first-order valence-corrected chi connectivity index (χ1v) is 8.88. The highest BCUT2D eigenvalue weighted by Gasteiger charge is 2.09. The van der Waals surface area contributed by atoms with E-state index in [-0.39, 0.29) is 11.5 Å². The van der Waals surface area contributed by atoms with Crippen LogP contribution in [0.25, 0.3) is 10.8 Å². The highest BCUT2D eigenvalue weighted by atomic mass is 32.2. The first kappa shape index (κ1) is 16.4. The minimum Gasteiger partial charge on any atom is -0.396 e.